The molecular formula is C14H14ClP. The molecular weight excluding hydrogens is 235 g/mol. The molecule has 0 amide bonds. The maximum Gasteiger partial charge on any atom is 0.0438 e. The molecule has 0 spiro atoms. The Morgan fingerprint density at radius 2 is 1.56 bits per heavy atom. The van der Waals surface area contributed by atoms with Crippen LogP contribution in [0.1, 0.15) is 5.56 Å². The molecule has 0 aliphatic carbocycles. The molecule has 16 heavy (non-hydrogen) atoms. The van der Waals surface area contributed by atoms with Gasteiger partial charge in [-0.25, -0.2) is 0 Å². The van der Waals surface area contributed by atoms with E-state index in [1.54, 1.807) is 0 Å². The lowest BCUT2D eigenvalue weighted by Crippen LogP contribution is -1.96. The highest BCUT2D eigenvalue weighted by Crippen LogP contribution is 2.19. The Balaban J connectivity index is 1.87. The first-order valence-corrected chi connectivity index (χ1v) is 6.97. The largest absolute Gasteiger partial charge is 0.0901 e. The third kappa shape index (κ3) is 3.33. The van der Waals surface area contributed by atoms with E-state index in [-0.39, 0.29) is 0 Å². The van der Waals surface area contributed by atoms with Crippen molar-refractivity contribution in [3.05, 3.63) is 65.2 Å². The van der Waals surface area contributed by atoms with Gasteiger partial charge in [-0.2, -0.15) is 0 Å². The molecule has 0 saturated carbocycles. The van der Waals surface area contributed by atoms with Gasteiger partial charge >= 0.3 is 0 Å². The number of hydrogen-bond donors (Lipinski definition) is 0. The minimum atomic E-state index is 0.868. The van der Waals surface area contributed by atoms with Gasteiger partial charge in [0.25, 0.3) is 0 Å². The highest BCUT2D eigenvalue weighted by molar-refractivity contribution is 7.47. The van der Waals surface area contributed by atoms with Gasteiger partial charge in [0.1, 0.15) is 0 Å². The number of hydrogen-bond acceptors (Lipinski definition) is 0. The third-order valence-corrected chi connectivity index (χ3v) is 4.07. The molecule has 0 saturated heterocycles. The van der Waals surface area contributed by atoms with Crippen molar-refractivity contribution in [1.82, 2.24) is 0 Å². The van der Waals surface area contributed by atoms with Gasteiger partial charge in [0, 0.05) is 5.02 Å². The zero-order valence-electron chi connectivity index (χ0n) is 8.99. The van der Waals surface area contributed by atoms with E-state index in [4.69, 9.17) is 11.6 Å². The first kappa shape index (κ1) is 11.6. The van der Waals surface area contributed by atoms with Crippen LogP contribution in [0.3, 0.4) is 0 Å². The highest BCUT2D eigenvalue weighted by atomic mass is 35.5. The predicted octanol–water partition coefficient (Wildman–Crippen LogP) is 3.89. The van der Waals surface area contributed by atoms with Crippen molar-refractivity contribution in [3.8, 4) is 0 Å². The fourth-order valence-corrected chi connectivity index (χ4v) is 2.94. The van der Waals surface area contributed by atoms with Gasteiger partial charge in [-0.05, 0) is 29.5 Å². The highest BCUT2D eigenvalue weighted by Gasteiger charge is 1.98. The van der Waals surface area contributed by atoms with Crippen LogP contribution in [-0.4, -0.2) is 6.16 Å². The zero-order chi connectivity index (χ0) is 11.2. The minimum absolute atomic E-state index is 0.868. The van der Waals surface area contributed by atoms with Crippen LogP contribution in [0.4, 0.5) is 0 Å². The second-order valence-corrected chi connectivity index (χ2v) is 5.47. The van der Waals surface area contributed by atoms with Crippen LogP contribution in [0, 0.1) is 0 Å². The maximum atomic E-state index is 6.11. The van der Waals surface area contributed by atoms with E-state index >= 15 is 0 Å². The monoisotopic (exact) mass is 248 g/mol. The fraction of sp³-hybridized carbons (Fsp3) is 0.143. The van der Waals surface area contributed by atoms with E-state index in [0.717, 1.165) is 20.0 Å². The molecule has 2 rings (SSSR count). The summed E-state index contributed by atoms with van der Waals surface area (Å²) in [5.74, 6) is 0. The molecule has 0 bridgehead atoms. The lowest BCUT2D eigenvalue weighted by molar-refractivity contribution is 1.16. The SMILES string of the molecule is Clc1ccccc1CCPc1ccccc1. The van der Waals surface area contributed by atoms with E-state index in [1.807, 2.05) is 18.2 Å². The van der Waals surface area contributed by atoms with Gasteiger partial charge in [-0.1, -0.05) is 68.7 Å². The van der Waals surface area contributed by atoms with Crippen molar-refractivity contribution in [2.45, 2.75) is 6.42 Å². The van der Waals surface area contributed by atoms with E-state index in [9.17, 15) is 0 Å². The molecule has 0 N–H and O–H groups in total. The van der Waals surface area contributed by atoms with Gasteiger partial charge in [-0.15, -0.1) is 0 Å². The molecule has 0 heterocycles. The number of benzene rings is 2. The molecule has 0 nitrogen and oxygen atoms in total. The third-order valence-electron chi connectivity index (χ3n) is 2.46. The van der Waals surface area contributed by atoms with Crippen molar-refractivity contribution in [1.29, 1.82) is 0 Å². The van der Waals surface area contributed by atoms with Crippen LogP contribution in [0.5, 0.6) is 0 Å². The summed E-state index contributed by atoms with van der Waals surface area (Å²) in [6.07, 6.45) is 2.24. The average Bonchev–Trinajstić information content (AvgIpc) is 2.33. The quantitative estimate of drug-likeness (QED) is 0.721. The Labute approximate surface area is 103 Å². The number of halogens is 1. The molecule has 0 radical (unpaired) electrons. The second-order valence-electron chi connectivity index (χ2n) is 3.63. The van der Waals surface area contributed by atoms with Gasteiger partial charge < -0.3 is 0 Å². The average molecular weight is 249 g/mol. The zero-order valence-corrected chi connectivity index (χ0v) is 10.7. The summed E-state index contributed by atoms with van der Waals surface area (Å²) in [5.41, 5.74) is 1.26. The van der Waals surface area contributed by atoms with Crippen LogP contribution in [-0.2, 0) is 6.42 Å². The molecule has 2 aromatic carbocycles. The molecule has 0 aromatic heterocycles. The Morgan fingerprint density at radius 3 is 2.31 bits per heavy atom. The summed E-state index contributed by atoms with van der Waals surface area (Å²) in [5, 5.41) is 2.31. The fourth-order valence-electron chi connectivity index (χ4n) is 1.60. The van der Waals surface area contributed by atoms with Crippen LogP contribution >= 0.6 is 20.2 Å². The van der Waals surface area contributed by atoms with E-state index < -0.39 is 0 Å². The van der Waals surface area contributed by atoms with Crippen LogP contribution in [0.25, 0.3) is 0 Å². The Kier molecular flexibility index (Phi) is 4.39. The summed E-state index contributed by atoms with van der Waals surface area (Å²) in [7, 11) is 0.868. The summed E-state index contributed by atoms with van der Waals surface area (Å²) in [6, 6.07) is 18.7. The maximum absolute atomic E-state index is 6.11. The van der Waals surface area contributed by atoms with Gasteiger partial charge in [0.15, 0.2) is 0 Å². The van der Waals surface area contributed by atoms with E-state index in [2.05, 4.69) is 36.4 Å². The van der Waals surface area contributed by atoms with Crippen molar-refractivity contribution < 1.29 is 0 Å². The molecule has 0 aliphatic rings. The first-order valence-electron chi connectivity index (χ1n) is 5.38. The Bertz CT molecular complexity index is 439. The van der Waals surface area contributed by atoms with Crippen LogP contribution in [0.2, 0.25) is 5.02 Å². The Hall–Kier alpha value is -0.840. The van der Waals surface area contributed by atoms with Crippen molar-refractivity contribution in [2.24, 2.45) is 0 Å². The molecule has 0 aliphatic heterocycles. The number of aryl methyl sites for hydroxylation is 1. The Morgan fingerprint density at radius 1 is 0.875 bits per heavy atom. The smallest absolute Gasteiger partial charge is 0.0438 e. The summed E-state index contributed by atoms with van der Waals surface area (Å²) >= 11 is 6.11. The topological polar surface area (TPSA) is 0 Å². The molecule has 1 atom stereocenters. The second kappa shape index (κ2) is 6.03. The lowest BCUT2D eigenvalue weighted by Gasteiger charge is -2.04. The van der Waals surface area contributed by atoms with E-state index in [1.165, 1.54) is 17.0 Å². The van der Waals surface area contributed by atoms with Crippen molar-refractivity contribution >= 4 is 25.5 Å². The normalized spacial score (nSPS) is 11.1. The summed E-state index contributed by atoms with van der Waals surface area (Å²) in [4.78, 5) is 0. The molecule has 0 fully saturated rings. The van der Waals surface area contributed by atoms with Gasteiger partial charge in [-0.3, -0.25) is 0 Å². The summed E-state index contributed by atoms with van der Waals surface area (Å²) in [6.45, 7) is 0. The number of rotatable bonds is 4. The van der Waals surface area contributed by atoms with Crippen LogP contribution < -0.4 is 5.30 Å². The van der Waals surface area contributed by atoms with Crippen molar-refractivity contribution in [2.75, 3.05) is 6.16 Å². The molecule has 2 heteroatoms. The van der Waals surface area contributed by atoms with Crippen molar-refractivity contribution in [3.63, 3.8) is 0 Å². The van der Waals surface area contributed by atoms with Gasteiger partial charge in [0.05, 0.1) is 0 Å². The molecule has 82 valence electrons. The minimum Gasteiger partial charge on any atom is -0.0901 e. The summed E-state index contributed by atoms with van der Waals surface area (Å²) < 4.78 is 0. The standard InChI is InChI=1S/C14H14ClP/c15-14-9-5-4-6-12(14)10-11-16-13-7-2-1-3-8-13/h1-9,16H,10-11H2. The molecule has 1 unspecified atom stereocenters. The molecule has 2 aromatic rings. The van der Waals surface area contributed by atoms with Gasteiger partial charge in [0.2, 0.25) is 0 Å². The van der Waals surface area contributed by atoms with E-state index in [0.29, 0.717) is 0 Å². The lowest BCUT2D eigenvalue weighted by atomic mass is 10.2. The predicted molar refractivity (Wildman–Crippen MR) is 74.4 cm³/mol. The first-order chi connectivity index (χ1) is 7.86. The van der Waals surface area contributed by atoms with Crippen LogP contribution in [0.15, 0.2) is 54.6 Å².